The van der Waals surface area contributed by atoms with Gasteiger partial charge in [-0.1, -0.05) is 17.7 Å². The van der Waals surface area contributed by atoms with Gasteiger partial charge in [0.05, 0.1) is 18.4 Å². The van der Waals surface area contributed by atoms with Crippen molar-refractivity contribution in [3.05, 3.63) is 40.7 Å². The van der Waals surface area contributed by atoms with Crippen molar-refractivity contribution < 1.29 is 9.15 Å². The van der Waals surface area contributed by atoms with Crippen LogP contribution in [0.25, 0.3) is 11.5 Å². The molecule has 1 saturated heterocycles. The summed E-state index contributed by atoms with van der Waals surface area (Å²) in [5.41, 5.74) is 7.49. The monoisotopic (exact) mass is 407 g/mol. The van der Waals surface area contributed by atoms with E-state index in [4.69, 9.17) is 26.5 Å². The molecule has 0 spiro atoms. The number of halogens is 3. The van der Waals surface area contributed by atoms with E-state index in [1.165, 1.54) is 0 Å². The molecule has 1 aromatic heterocycles. The predicted molar refractivity (Wildman–Crippen MR) is 105 cm³/mol. The van der Waals surface area contributed by atoms with E-state index in [0.717, 1.165) is 49.7 Å². The zero-order chi connectivity index (χ0) is 16.2. The first kappa shape index (κ1) is 22.2. The number of nitrogens with two attached hydrogens (primary N) is 1. The van der Waals surface area contributed by atoms with Crippen molar-refractivity contribution >= 4 is 36.4 Å². The number of nitrogens with zero attached hydrogens (tertiary/aromatic N) is 2. The maximum atomic E-state index is 6.04. The Hall–Kier alpha value is -0.820. The van der Waals surface area contributed by atoms with Gasteiger partial charge in [-0.3, -0.25) is 4.90 Å². The molecule has 2 N–H and O–H groups in total. The molecule has 1 aliphatic heterocycles. The first-order valence-corrected chi connectivity index (χ1v) is 8.30. The zero-order valence-electron chi connectivity index (χ0n) is 14.1. The third kappa shape index (κ3) is 5.84. The van der Waals surface area contributed by atoms with Crippen LogP contribution in [-0.2, 0) is 11.3 Å². The fourth-order valence-corrected chi connectivity index (χ4v) is 3.01. The van der Waals surface area contributed by atoms with Crippen LogP contribution in [0.4, 0.5) is 0 Å². The molecule has 1 atom stereocenters. The molecule has 0 saturated carbocycles. The summed E-state index contributed by atoms with van der Waals surface area (Å²) in [7, 11) is 0. The van der Waals surface area contributed by atoms with Gasteiger partial charge in [-0.2, -0.15) is 0 Å². The number of aromatic nitrogens is 1. The predicted octanol–water partition coefficient (Wildman–Crippen LogP) is 3.70. The molecule has 1 unspecified atom stereocenters. The topological polar surface area (TPSA) is 64.5 Å². The van der Waals surface area contributed by atoms with E-state index in [0.29, 0.717) is 17.5 Å². The third-order valence-electron chi connectivity index (χ3n) is 4.05. The average molecular weight is 409 g/mol. The van der Waals surface area contributed by atoms with Crippen LogP contribution >= 0.6 is 36.4 Å². The van der Waals surface area contributed by atoms with E-state index in [1.807, 2.05) is 31.2 Å². The zero-order valence-corrected chi connectivity index (χ0v) is 16.5. The summed E-state index contributed by atoms with van der Waals surface area (Å²) < 4.78 is 11.5. The van der Waals surface area contributed by atoms with Gasteiger partial charge in [0, 0.05) is 30.2 Å². The normalized spacial score (nSPS) is 17.6. The lowest BCUT2D eigenvalue weighted by Gasteiger charge is -2.32. The summed E-state index contributed by atoms with van der Waals surface area (Å²) in [6.07, 6.45) is 1.11. The highest BCUT2D eigenvalue weighted by Gasteiger charge is 2.22. The number of oxazole rings is 1. The summed E-state index contributed by atoms with van der Waals surface area (Å²) in [4.78, 5) is 7.00. The van der Waals surface area contributed by atoms with E-state index in [1.54, 1.807) is 0 Å². The highest BCUT2D eigenvalue weighted by atomic mass is 35.5. The van der Waals surface area contributed by atoms with Gasteiger partial charge in [0.15, 0.2) is 0 Å². The maximum Gasteiger partial charge on any atom is 0.226 e. The Morgan fingerprint density at radius 2 is 2.16 bits per heavy atom. The Morgan fingerprint density at radius 1 is 1.36 bits per heavy atom. The molecular formula is C17H24Cl3N3O2. The summed E-state index contributed by atoms with van der Waals surface area (Å²) >= 11 is 6.04. The molecule has 1 fully saturated rings. The SMILES string of the molecule is Cc1oc(-c2cccc(Cl)c2)nc1CN1CCOC(CCN)C1.Cl.Cl. The number of ether oxygens (including phenoxy) is 1. The summed E-state index contributed by atoms with van der Waals surface area (Å²) in [5.74, 6) is 1.47. The molecule has 1 aromatic carbocycles. The number of hydrogen-bond donors (Lipinski definition) is 1. The number of morpholine rings is 1. The van der Waals surface area contributed by atoms with Crippen LogP contribution in [0.15, 0.2) is 28.7 Å². The van der Waals surface area contributed by atoms with Crippen LogP contribution in [0, 0.1) is 6.92 Å². The van der Waals surface area contributed by atoms with Gasteiger partial charge in [-0.25, -0.2) is 4.98 Å². The lowest BCUT2D eigenvalue weighted by atomic mass is 10.2. The van der Waals surface area contributed by atoms with Crippen LogP contribution in [0.3, 0.4) is 0 Å². The molecule has 25 heavy (non-hydrogen) atoms. The average Bonchev–Trinajstić information content (AvgIpc) is 2.89. The molecule has 2 aromatic rings. The molecule has 0 aliphatic carbocycles. The van der Waals surface area contributed by atoms with Crippen molar-refractivity contribution in [2.45, 2.75) is 26.0 Å². The molecule has 0 amide bonds. The molecule has 1 aliphatic rings. The summed E-state index contributed by atoms with van der Waals surface area (Å²) in [5, 5.41) is 0.678. The molecule has 0 bridgehead atoms. The van der Waals surface area contributed by atoms with Crippen molar-refractivity contribution in [3.8, 4) is 11.5 Å². The molecule has 140 valence electrons. The van der Waals surface area contributed by atoms with Crippen molar-refractivity contribution in [1.29, 1.82) is 0 Å². The second-order valence-electron chi connectivity index (χ2n) is 5.84. The molecule has 0 radical (unpaired) electrons. The minimum Gasteiger partial charge on any atom is -0.441 e. The van der Waals surface area contributed by atoms with Gasteiger partial charge in [-0.15, -0.1) is 24.8 Å². The minimum atomic E-state index is 0. The second kappa shape index (κ2) is 10.4. The Labute approximate surface area is 165 Å². The fourth-order valence-electron chi connectivity index (χ4n) is 2.82. The molecule has 2 heterocycles. The lowest BCUT2D eigenvalue weighted by Crippen LogP contribution is -2.42. The van der Waals surface area contributed by atoms with Crippen LogP contribution in [0.2, 0.25) is 5.02 Å². The quantitative estimate of drug-likeness (QED) is 0.817. The summed E-state index contributed by atoms with van der Waals surface area (Å²) in [6, 6.07) is 7.55. The first-order chi connectivity index (χ1) is 11.2. The van der Waals surface area contributed by atoms with Crippen molar-refractivity contribution in [1.82, 2.24) is 9.88 Å². The van der Waals surface area contributed by atoms with Gasteiger partial charge in [-0.05, 0) is 38.1 Å². The summed E-state index contributed by atoms with van der Waals surface area (Å²) in [6.45, 7) is 5.90. The van der Waals surface area contributed by atoms with Gasteiger partial charge >= 0.3 is 0 Å². The van der Waals surface area contributed by atoms with Gasteiger partial charge in [0.1, 0.15) is 5.76 Å². The minimum absolute atomic E-state index is 0. The standard InChI is InChI=1S/C17H22ClN3O2.2ClH/c1-12-16(11-21-7-8-22-15(10-21)5-6-19)20-17(23-12)13-3-2-4-14(18)9-13;;/h2-4,9,15H,5-8,10-11,19H2,1H3;2*1H. The number of rotatable bonds is 5. The Morgan fingerprint density at radius 3 is 2.88 bits per heavy atom. The van der Waals surface area contributed by atoms with Gasteiger partial charge in [0.25, 0.3) is 0 Å². The van der Waals surface area contributed by atoms with Crippen molar-refractivity contribution in [3.63, 3.8) is 0 Å². The van der Waals surface area contributed by atoms with Crippen LogP contribution in [0.1, 0.15) is 17.9 Å². The first-order valence-electron chi connectivity index (χ1n) is 7.92. The third-order valence-corrected chi connectivity index (χ3v) is 4.28. The Balaban J connectivity index is 0.00000156. The van der Waals surface area contributed by atoms with Gasteiger partial charge < -0.3 is 14.9 Å². The maximum absolute atomic E-state index is 6.04. The van der Waals surface area contributed by atoms with E-state index < -0.39 is 0 Å². The molecule has 8 heteroatoms. The number of benzene rings is 1. The smallest absolute Gasteiger partial charge is 0.226 e. The van der Waals surface area contributed by atoms with Crippen LogP contribution in [0.5, 0.6) is 0 Å². The van der Waals surface area contributed by atoms with Crippen molar-refractivity contribution in [2.75, 3.05) is 26.2 Å². The highest BCUT2D eigenvalue weighted by Crippen LogP contribution is 2.25. The van der Waals surface area contributed by atoms with Crippen LogP contribution < -0.4 is 5.73 Å². The van der Waals surface area contributed by atoms with E-state index in [2.05, 4.69) is 9.88 Å². The Kier molecular flexibility index (Phi) is 9.21. The number of aryl methyl sites for hydroxylation is 1. The van der Waals surface area contributed by atoms with E-state index in [-0.39, 0.29) is 30.9 Å². The molecule has 5 nitrogen and oxygen atoms in total. The van der Waals surface area contributed by atoms with E-state index >= 15 is 0 Å². The number of hydrogen-bond acceptors (Lipinski definition) is 5. The lowest BCUT2D eigenvalue weighted by molar-refractivity contribution is -0.0339. The molecular weight excluding hydrogens is 385 g/mol. The highest BCUT2D eigenvalue weighted by molar-refractivity contribution is 6.30. The van der Waals surface area contributed by atoms with Crippen LogP contribution in [-0.4, -0.2) is 42.2 Å². The Bertz CT molecular complexity index is 664. The largest absolute Gasteiger partial charge is 0.441 e. The van der Waals surface area contributed by atoms with E-state index in [9.17, 15) is 0 Å². The van der Waals surface area contributed by atoms with Gasteiger partial charge in [0.2, 0.25) is 5.89 Å². The second-order valence-corrected chi connectivity index (χ2v) is 6.27. The fraction of sp³-hybridized carbons (Fsp3) is 0.471. The molecule has 3 rings (SSSR count). The van der Waals surface area contributed by atoms with Crippen molar-refractivity contribution in [2.24, 2.45) is 5.73 Å².